The summed E-state index contributed by atoms with van der Waals surface area (Å²) >= 11 is 0. The number of rotatable bonds is 0. The first kappa shape index (κ1) is 7.20. The highest BCUT2D eigenvalue weighted by atomic mass is 14.6. The molecule has 2 radical (unpaired) electrons. The molecule has 50 valence electrons. The van der Waals surface area contributed by atoms with Crippen LogP contribution in [0.3, 0.4) is 0 Å². The minimum atomic E-state index is -0.395. The number of hydrogen-bond donors (Lipinski definition) is 1. The number of allylic oxidation sites excluding steroid dienone is 5. The van der Waals surface area contributed by atoms with Crippen molar-refractivity contribution in [1.82, 2.24) is 0 Å². The molecule has 2 N–H and O–H groups in total. The number of hydrogen-bond acceptors (Lipinski definition) is 1. The van der Waals surface area contributed by atoms with E-state index in [-0.39, 0.29) is 0 Å². The molecule has 0 aliphatic heterocycles. The molecule has 1 aliphatic rings. The Morgan fingerprint density at radius 3 is 2.90 bits per heavy atom. The van der Waals surface area contributed by atoms with Gasteiger partial charge in [-0.2, -0.15) is 0 Å². The van der Waals surface area contributed by atoms with Gasteiger partial charge in [0.15, 0.2) is 0 Å². The highest BCUT2D eigenvalue weighted by Crippen LogP contribution is 2.26. The molecule has 0 aromatic carbocycles. The van der Waals surface area contributed by atoms with Crippen molar-refractivity contribution in [3.05, 3.63) is 36.1 Å². The van der Waals surface area contributed by atoms with E-state index in [0.29, 0.717) is 0 Å². The van der Waals surface area contributed by atoms with E-state index in [4.69, 9.17) is 13.6 Å². The second-order valence-corrected chi connectivity index (χ2v) is 2.73. The first-order valence-electron chi connectivity index (χ1n) is 3.23. The Balaban J connectivity index is 2.93. The molecular weight excluding hydrogens is 121 g/mol. The topological polar surface area (TPSA) is 26.0 Å². The Morgan fingerprint density at radius 2 is 2.20 bits per heavy atom. The molecule has 0 heterocycles. The van der Waals surface area contributed by atoms with Crippen molar-refractivity contribution in [2.45, 2.75) is 12.2 Å². The van der Waals surface area contributed by atoms with Gasteiger partial charge < -0.3 is 5.73 Å². The van der Waals surface area contributed by atoms with Crippen LogP contribution in [0.1, 0.15) is 6.92 Å². The summed E-state index contributed by atoms with van der Waals surface area (Å²) in [7, 11) is 5.78. The quantitative estimate of drug-likeness (QED) is 0.492. The SMILES string of the molecule is [B]C1(C)C=CC=CC(N)=C1. The molecule has 1 aliphatic carbocycles. The second-order valence-electron chi connectivity index (χ2n) is 2.73. The highest BCUT2D eigenvalue weighted by molar-refractivity contribution is 6.18. The first-order valence-corrected chi connectivity index (χ1v) is 3.23. The van der Waals surface area contributed by atoms with Gasteiger partial charge in [-0.15, -0.1) is 0 Å². The van der Waals surface area contributed by atoms with E-state index < -0.39 is 5.31 Å². The number of nitrogens with two attached hydrogens (primary N) is 1. The van der Waals surface area contributed by atoms with Gasteiger partial charge in [-0.25, -0.2) is 0 Å². The first-order chi connectivity index (χ1) is 4.60. The monoisotopic (exact) mass is 131 g/mol. The zero-order valence-corrected chi connectivity index (χ0v) is 6.04. The maximum Gasteiger partial charge on any atom is 0.0855 e. The summed E-state index contributed by atoms with van der Waals surface area (Å²) in [5, 5.41) is -0.395. The van der Waals surface area contributed by atoms with Crippen molar-refractivity contribution in [3.63, 3.8) is 0 Å². The summed E-state index contributed by atoms with van der Waals surface area (Å²) in [5.74, 6) is 0. The lowest BCUT2D eigenvalue weighted by atomic mass is 9.70. The van der Waals surface area contributed by atoms with Crippen LogP contribution in [0, 0.1) is 0 Å². The largest absolute Gasteiger partial charge is 0.399 e. The van der Waals surface area contributed by atoms with Crippen LogP contribution in [-0.2, 0) is 0 Å². The zero-order valence-electron chi connectivity index (χ0n) is 6.04. The molecule has 0 fully saturated rings. The fourth-order valence-electron chi connectivity index (χ4n) is 0.885. The Hall–Kier alpha value is -0.915. The summed E-state index contributed by atoms with van der Waals surface area (Å²) in [4.78, 5) is 0. The Kier molecular flexibility index (Phi) is 1.71. The Labute approximate surface area is 62.7 Å². The molecule has 0 saturated heterocycles. The van der Waals surface area contributed by atoms with Crippen LogP contribution in [-0.4, -0.2) is 7.85 Å². The van der Waals surface area contributed by atoms with Crippen molar-refractivity contribution in [1.29, 1.82) is 0 Å². The van der Waals surface area contributed by atoms with Crippen molar-refractivity contribution in [2.24, 2.45) is 5.73 Å². The van der Waals surface area contributed by atoms with Gasteiger partial charge in [-0.3, -0.25) is 0 Å². The molecule has 2 heteroatoms. The molecule has 1 nitrogen and oxygen atoms in total. The molecule has 10 heavy (non-hydrogen) atoms. The lowest BCUT2D eigenvalue weighted by Crippen LogP contribution is -2.03. The van der Waals surface area contributed by atoms with E-state index >= 15 is 0 Å². The lowest BCUT2D eigenvalue weighted by molar-refractivity contribution is 0.959. The van der Waals surface area contributed by atoms with Crippen molar-refractivity contribution >= 4 is 7.85 Å². The smallest absolute Gasteiger partial charge is 0.0855 e. The maximum atomic E-state index is 5.78. The molecule has 0 aromatic rings. The molecule has 0 bridgehead atoms. The Morgan fingerprint density at radius 1 is 1.50 bits per heavy atom. The third-order valence-electron chi connectivity index (χ3n) is 1.33. The fourth-order valence-corrected chi connectivity index (χ4v) is 0.885. The van der Waals surface area contributed by atoms with Crippen LogP contribution in [0.5, 0.6) is 0 Å². The highest BCUT2D eigenvalue weighted by Gasteiger charge is 2.09. The van der Waals surface area contributed by atoms with Crippen molar-refractivity contribution in [2.75, 3.05) is 0 Å². The molecule has 0 amide bonds. The van der Waals surface area contributed by atoms with E-state index in [1.807, 2.05) is 37.3 Å². The van der Waals surface area contributed by atoms with Crippen LogP contribution >= 0.6 is 0 Å². The van der Waals surface area contributed by atoms with Crippen LogP contribution < -0.4 is 5.73 Å². The van der Waals surface area contributed by atoms with Gasteiger partial charge in [0.2, 0.25) is 0 Å². The maximum absolute atomic E-state index is 5.78. The minimum absolute atomic E-state index is 0.395. The van der Waals surface area contributed by atoms with Crippen LogP contribution in [0.4, 0.5) is 0 Å². The molecule has 1 rings (SSSR count). The summed E-state index contributed by atoms with van der Waals surface area (Å²) in [5.41, 5.74) is 6.28. The Bertz CT molecular complexity index is 211. The molecule has 0 saturated carbocycles. The molecule has 1 atom stereocenters. The van der Waals surface area contributed by atoms with Crippen LogP contribution in [0.25, 0.3) is 0 Å². The predicted octanol–water partition coefficient (Wildman–Crippen LogP) is 1.30. The van der Waals surface area contributed by atoms with E-state index in [9.17, 15) is 0 Å². The third kappa shape index (κ3) is 1.80. The van der Waals surface area contributed by atoms with Gasteiger partial charge in [0, 0.05) is 5.70 Å². The molecular formula is C8H10BN. The summed E-state index contributed by atoms with van der Waals surface area (Å²) in [6.45, 7) is 1.91. The van der Waals surface area contributed by atoms with E-state index in [0.717, 1.165) is 5.70 Å². The lowest BCUT2D eigenvalue weighted by Gasteiger charge is -2.13. The normalized spacial score (nSPS) is 31.5. The van der Waals surface area contributed by atoms with Crippen molar-refractivity contribution < 1.29 is 0 Å². The molecule has 1 unspecified atom stereocenters. The van der Waals surface area contributed by atoms with Gasteiger partial charge in [-0.05, 0) is 11.4 Å². The summed E-state index contributed by atoms with van der Waals surface area (Å²) in [6, 6.07) is 0. The standard InChI is InChI=1S/C8H10BN/c1-8(9)5-3-2-4-7(10)6-8/h2-6H,10H2,1H3. The van der Waals surface area contributed by atoms with Crippen LogP contribution in [0.15, 0.2) is 36.1 Å². The van der Waals surface area contributed by atoms with E-state index in [2.05, 4.69) is 0 Å². The summed E-state index contributed by atoms with van der Waals surface area (Å²) < 4.78 is 0. The van der Waals surface area contributed by atoms with Crippen LogP contribution in [0.2, 0.25) is 5.31 Å². The van der Waals surface area contributed by atoms with Crippen molar-refractivity contribution in [3.8, 4) is 0 Å². The zero-order chi connectivity index (χ0) is 7.61. The minimum Gasteiger partial charge on any atom is -0.399 e. The van der Waals surface area contributed by atoms with Gasteiger partial charge in [0.05, 0.1) is 7.85 Å². The van der Waals surface area contributed by atoms with E-state index in [1.54, 1.807) is 0 Å². The molecule has 0 spiro atoms. The second kappa shape index (κ2) is 2.37. The third-order valence-corrected chi connectivity index (χ3v) is 1.33. The van der Waals surface area contributed by atoms with Gasteiger partial charge in [-0.1, -0.05) is 31.2 Å². The van der Waals surface area contributed by atoms with Gasteiger partial charge in [0.25, 0.3) is 0 Å². The average molecular weight is 131 g/mol. The van der Waals surface area contributed by atoms with E-state index in [1.165, 1.54) is 0 Å². The van der Waals surface area contributed by atoms with Gasteiger partial charge >= 0.3 is 0 Å². The van der Waals surface area contributed by atoms with Gasteiger partial charge in [0.1, 0.15) is 0 Å². The fraction of sp³-hybridized carbons (Fsp3) is 0.250. The summed E-state index contributed by atoms with van der Waals surface area (Å²) in [6.07, 6.45) is 9.34. The predicted molar refractivity (Wildman–Crippen MR) is 44.7 cm³/mol. The molecule has 0 aromatic heterocycles. The average Bonchev–Trinajstić information content (AvgIpc) is 1.90.